The van der Waals surface area contributed by atoms with Gasteiger partial charge in [0.2, 0.25) is 0 Å². The Kier molecular flexibility index (Phi) is 7.77. The van der Waals surface area contributed by atoms with Crippen molar-refractivity contribution in [2.45, 2.75) is 26.8 Å². The highest BCUT2D eigenvalue weighted by Gasteiger charge is 2.48. The lowest BCUT2D eigenvalue weighted by molar-refractivity contribution is -0.132. The SMILES string of the molecule is CCOc1ccc(C2/C(=C(\O)c3ccc(F)cc3)C(=O)C(=O)N2c2nc(C)c(C(=O)OC)s2)cc1OCC. The van der Waals surface area contributed by atoms with E-state index < -0.39 is 35.3 Å². The van der Waals surface area contributed by atoms with E-state index in [4.69, 9.17) is 14.2 Å². The van der Waals surface area contributed by atoms with Gasteiger partial charge in [-0.05, 0) is 62.7 Å². The van der Waals surface area contributed by atoms with Crippen LogP contribution in [0.15, 0.2) is 48.0 Å². The van der Waals surface area contributed by atoms with Gasteiger partial charge < -0.3 is 19.3 Å². The quantitative estimate of drug-likeness (QED) is 0.188. The van der Waals surface area contributed by atoms with Crippen LogP contribution in [0.2, 0.25) is 0 Å². The fourth-order valence-corrected chi connectivity index (χ4v) is 5.13. The Balaban J connectivity index is 1.95. The molecule has 1 aliphatic heterocycles. The number of ketones is 1. The number of hydrogen-bond acceptors (Lipinski definition) is 9. The Morgan fingerprint density at radius 1 is 1.08 bits per heavy atom. The predicted molar refractivity (Wildman–Crippen MR) is 138 cm³/mol. The van der Waals surface area contributed by atoms with Crippen molar-refractivity contribution in [1.82, 2.24) is 4.98 Å². The van der Waals surface area contributed by atoms with E-state index in [1.807, 2.05) is 6.92 Å². The van der Waals surface area contributed by atoms with Crippen LogP contribution in [0.4, 0.5) is 9.52 Å². The van der Waals surface area contributed by atoms with Crippen LogP contribution in [-0.2, 0) is 14.3 Å². The Hall–Kier alpha value is -4.25. The Labute approximate surface area is 222 Å². The van der Waals surface area contributed by atoms with Gasteiger partial charge in [0.05, 0.1) is 37.6 Å². The first-order valence-corrected chi connectivity index (χ1v) is 12.6. The molecule has 2 aromatic carbocycles. The van der Waals surface area contributed by atoms with Crippen LogP contribution in [0.25, 0.3) is 5.76 Å². The van der Waals surface area contributed by atoms with E-state index in [-0.39, 0.29) is 21.1 Å². The van der Waals surface area contributed by atoms with Crippen molar-refractivity contribution >= 4 is 39.9 Å². The normalized spacial score (nSPS) is 16.6. The van der Waals surface area contributed by atoms with Gasteiger partial charge in [0, 0.05) is 5.56 Å². The summed E-state index contributed by atoms with van der Waals surface area (Å²) in [6, 6.07) is 8.67. The van der Waals surface area contributed by atoms with Crippen molar-refractivity contribution in [3.05, 3.63) is 75.6 Å². The highest BCUT2D eigenvalue weighted by molar-refractivity contribution is 7.17. The summed E-state index contributed by atoms with van der Waals surface area (Å²) in [5.41, 5.74) is 0.668. The minimum atomic E-state index is -1.13. The second-order valence-corrected chi connectivity index (χ2v) is 9.13. The lowest BCUT2D eigenvalue weighted by Gasteiger charge is -2.24. The van der Waals surface area contributed by atoms with Crippen molar-refractivity contribution in [2.24, 2.45) is 0 Å². The third-order valence-electron chi connectivity index (χ3n) is 5.81. The summed E-state index contributed by atoms with van der Waals surface area (Å²) in [5.74, 6) is -2.71. The van der Waals surface area contributed by atoms with Crippen LogP contribution in [0.1, 0.15) is 46.4 Å². The molecular formula is C27H25FN2O7S. The molecule has 0 bridgehead atoms. The van der Waals surface area contributed by atoms with E-state index in [2.05, 4.69) is 4.98 Å². The number of esters is 1. The maximum Gasteiger partial charge on any atom is 0.350 e. The molecule has 11 heteroatoms. The predicted octanol–water partition coefficient (Wildman–Crippen LogP) is 4.80. The fraction of sp³-hybridized carbons (Fsp3) is 0.259. The molecule has 1 fully saturated rings. The van der Waals surface area contributed by atoms with Crippen LogP contribution in [-0.4, -0.2) is 48.1 Å². The number of aromatic nitrogens is 1. The average Bonchev–Trinajstić information content (AvgIpc) is 3.41. The molecule has 1 amide bonds. The molecule has 0 aliphatic carbocycles. The largest absolute Gasteiger partial charge is 0.507 e. The van der Waals surface area contributed by atoms with Gasteiger partial charge in [-0.2, -0.15) is 0 Å². The molecule has 0 radical (unpaired) electrons. The number of benzene rings is 2. The zero-order valence-electron chi connectivity index (χ0n) is 21.1. The first-order valence-electron chi connectivity index (χ1n) is 11.7. The van der Waals surface area contributed by atoms with E-state index >= 15 is 0 Å². The molecule has 1 aliphatic rings. The molecule has 1 N–H and O–H groups in total. The Morgan fingerprint density at radius 3 is 2.37 bits per heavy atom. The van der Waals surface area contributed by atoms with Gasteiger partial charge >= 0.3 is 11.9 Å². The van der Waals surface area contributed by atoms with Gasteiger partial charge in [-0.15, -0.1) is 0 Å². The van der Waals surface area contributed by atoms with Gasteiger partial charge in [0.1, 0.15) is 16.5 Å². The Morgan fingerprint density at radius 2 is 1.74 bits per heavy atom. The average molecular weight is 541 g/mol. The van der Waals surface area contributed by atoms with Gasteiger partial charge in [-0.1, -0.05) is 17.4 Å². The lowest BCUT2D eigenvalue weighted by Crippen LogP contribution is -2.29. The van der Waals surface area contributed by atoms with Crippen molar-refractivity contribution in [2.75, 3.05) is 25.2 Å². The number of rotatable bonds is 8. The van der Waals surface area contributed by atoms with E-state index in [1.165, 1.54) is 19.2 Å². The van der Waals surface area contributed by atoms with E-state index in [0.717, 1.165) is 28.4 Å². The van der Waals surface area contributed by atoms with E-state index in [1.54, 1.807) is 32.0 Å². The number of anilines is 1. The molecule has 0 saturated carbocycles. The second-order valence-electron chi connectivity index (χ2n) is 8.15. The number of carbonyl (C=O) groups is 3. The highest BCUT2D eigenvalue weighted by Crippen LogP contribution is 2.45. The minimum absolute atomic E-state index is 0.0694. The van der Waals surface area contributed by atoms with Crippen molar-refractivity contribution in [1.29, 1.82) is 0 Å². The van der Waals surface area contributed by atoms with E-state index in [9.17, 15) is 23.9 Å². The van der Waals surface area contributed by atoms with Gasteiger partial charge in [0.15, 0.2) is 16.6 Å². The van der Waals surface area contributed by atoms with Crippen LogP contribution >= 0.6 is 11.3 Å². The second kappa shape index (κ2) is 11.0. The minimum Gasteiger partial charge on any atom is -0.507 e. The van der Waals surface area contributed by atoms with Crippen molar-refractivity contribution in [3.63, 3.8) is 0 Å². The topological polar surface area (TPSA) is 115 Å². The van der Waals surface area contributed by atoms with Crippen LogP contribution in [0.3, 0.4) is 0 Å². The number of methoxy groups -OCH3 is 1. The number of aliphatic hydroxyl groups is 1. The van der Waals surface area contributed by atoms with Gasteiger partial charge in [-0.3, -0.25) is 14.5 Å². The summed E-state index contributed by atoms with van der Waals surface area (Å²) in [5, 5.41) is 11.3. The van der Waals surface area contributed by atoms with Crippen molar-refractivity contribution in [3.8, 4) is 11.5 Å². The zero-order valence-corrected chi connectivity index (χ0v) is 21.9. The zero-order chi connectivity index (χ0) is 27.6. The highest BCUT2D eigenvalue weighted by atomic mass is 32.1. The Bertz CT molecular complexity index is 1430. The van der Waals surface area contributed by atoms with Crippen LogP contribution in [0, 0.1) is 12.7 Å². The summed E-state index contributed by atoms with van der Waals surface area (Å²) >= 11 is 0.888. The first kappa shape index (κ1) is 26.8. The lowest BCUT2D eigenvalue weighted by atomic mass is 9.95. The van der Waals surface area contributed by atoms with E-state index in [0.29, 0.717) is 36.0 Å². The maximum absolute atomic E-state index is 13.5. The van der Waals surface area contributed by atoms with Crippen LogP contribution < -0.4 is 14.4 Å². The number of halogens is 1. The summed E-state index contributed by atoms with van der Waals surface area (Å²) in [7, 11) is 1.23. The number of aliphatic hydroxyl groups excluding tert-OH is 1. The molecule has 1 saturated heterocycles. The van der Waals surface area contributed by atoms with Gasteiger partial charge in [0.25, 0.3) is 5.78 Å². The third kappa shape index (κ3) is 4.84. The number of amides is 1. The molecule has 2 heterocycles. The van der Waals surface area contributed by atoms with Crippen molar-refractivity contribution < 1.29 is 38.1 Å². The number of aryl methyl sites for hydroxylation is 1. The molecular weight excluding hydrogens is 515 g/mol. The number of Topliss-reactive ketones (excluding diaryl/α,β-unsaturated/α-hetero) is 1. The molecule has 1 aromatic heterocycles. The summed E-state index contributed by atoms with van der Waals surface area (Å²) in [6.07, 6.45) is 0. The first-order chi connectivity index (χ1) is 18.2. The molecule has 3 aromatic rings. The summed E-state index contributed by atoms with van der Waals surface area (Å²) < 4.78 is 29.7. The molecule has 38 heavy (non-hydrogen) atoms. The number of hydrogen-bond donors (Lipinski definition) is 1. The summed E-state index contributed by atoms with van der Waals surface area (Å²) in [6.45, 7) is 5.92. The molecule has 4 rings (SSSR count). The smallest absolute Gasteiger partial charge is 0.350 e. The molecule has 198 valence electrons. The number of nitrogens with zero attached hydrogens (tertiary/aromatic N) is 2. The molecule has 1 atom stereocenters. The van der Waals surface area contributed by atoms with Gasteiger partial charge in [-0.25, -0.2) is 14.2 Å². The molecule has 9 nitrogen and oxygen atoms in total. The maximum atomic E-state index is 13.5. The van der Waals surface area contributed by atoms with Crippen LogP contribution in [0.5, 0.6) is 11.5 Å². The standard InChI is InChI=1S/C27H25FN2O7S/c1-5-36-18-12-9-16(13-19(18)37-6-2)21-20(22(31)15-7-10-17(28)11-8-15)23(32)25(33)30(21)27-29-14(3)24(38-27)26(34)35-4/h7-13,21,31H,5-6H2,1-4H3/b22-20+. The monoisotopic (exact) mass is 540 g/mol. The molecule has 1 unspecified atom stereocenters. The number of carbonyl (C=O) groups excluding carboxylic acids is 3. The summed E-state index contributed by atoms with van der Waals surface area (Å²) in [4.78, 5) is 44.7. The molecule has 0 spiro atoms. The number of thiazole rings is 1. The third-order valence-corrected chi connectivity index (χ3v) is 6.94. The fourth-order valence-electron chi connectivity index (χ4n) is 4.11. The number of ether oxygens (including phenoxy) is 3.